The van der Waals surface area contributed by atoms with Crippen LogP contribution in [0.25, 0.3) is 0 Å². The Labute approximate surface area is 101 Å². The highest BCUT2D eigenvalue weighted by molar-refractivity contribution is 6.33. The molecular weight excluding hydrogens is 224 g/mol. The molecule has 0 aromatic heterocycles. The molecule has 0 saturated carbocycles. The smallest absolute Gasteiger partial charge is 0.0731 e. The Morgan fingerprint density at radius 1 is 1.56 bits per heavy atom. The molecule has 0 amide bonds. The minimum atomic E-state index is -0.232. The van der Waals surface area contributed by atoms with Crippen molar-refractivity contribution in [3.05, 3.63) is 28.8 Å². The summed E-state index contributed by atoms with van der Waals surface area (Å²) in [6, 6.07) is 5.89. The van der Waals surface area contributed by atoms with E-state index in [4.69, 9.17) is 17.3 Å². The quantitative estimate of drug-likeness (QED) is 0.831. The van der Waals surface area contributed by atoms with Gasteiger partial charge in [0.15, 0.2) is 0 Å². The highest BCUT2D eigenvalue weighted by Gasteiger charge is 2.22. The first-order valence-electron chi connectivity index (χ1n) is 5.56. The second kappa shape index (κ2) is 4.62. The molecule has 0 bridgehead atoms. The number of aliphatic hydroxyl groups is 1. The molecule has 1 aromatic rings. The molecule has 3 N–H and O–H groups in total. The number of nitrogens with two attached hydrogens (primary N) is 1. The predicted octanol–water partition coefficient (Wildman–Crippen LogP) is 1.93. The fourth-order valence-electron chi connectivity index (χ4n) is 2.02. The van der Waals surface area contributed by atoms with Crippen molar-refractivity contribution in [2.24, 2.45) is 5.73 Å². The standard InChI is InChI=1S/C12H17ClN2O/c1-8(14)9-2-3-12(11(13)6-9)15-5-4-10(16)7-15/h2-3,6,8,10,16H,4-5,7,14H2,1H3. The molecule has 2 rings (SSSR count). The zero-order chi connectivity index (χ0) is 11.7. The van der Waals surface area contributed by atoms with Gasteiger partial charge in [-0.05, 0) is 31.0 Å². The van der Waals surface area contributed by atoms with Crippen LogP contribution in [0.1, 0.15) is 24.9 Å². The molecule has 1 aromatic carbocycles. The number of halogens is 1. The van der Waals surface area contributed by atoms with Crippen LogP contribution in [0.4, 0.5) is 5.69 Å². The fraction of sp³-hybridized carbons (Fsp3) is 0.500. The molecule has 1 aliphatic rings. The van der Waals surface area contributed by atoms with E-state index in [1.165, 1.54) is 0 Å². The minimum Gasteiger partial charge on any atom is -0.391 e. The molecule has 3 nitrogen and oxygen atoms in total. The molecule has 4 heteroatoms. The molecular formula is C12H17ClN2O. The fourth-order valence-corrected chi connectivity index (χ4v) is 2.33. The van der Waals surface area contributed by atoms with Gasteiger partial charge in [-0.1, -0.05) is 17.7 Å². The SMILES string of the molecule is CC(N)c1ccc(N2CCC(O)C2)c(Cl)c1. The molecule has 1 fully saturated rings. The summed E-state index contributed by atoms with van der Waals surface area (Å²) in [5.74, 6) is 0. The first kappa shape index (κ1) is 11.7. The van der Waals surface area contributed by atoms with E-state index in [1.807, 2.05) is 25.1 Å². The molecule has 1 heterocycles. The van der Waals surface area contributed by atoms with Crippen LogP contribution in [-0.4, -0.2) is 24.3 Å². The Kier molecular flexibility index (Phi) is 3.38. The van der Waals surface area contributed by atoms with Gasteiger partial charge < -0.3 is 15.7 Å². The summed E-state index contributed by atoms with van der Waals surface area (Å²) in [5.41, 5.74) is 7.82. The third kappa shape index (κ3) is 2.32. The van der Waals surface area contributed by atoms with Gasteiger partial charge >= 0.3 is 0 Å². The van der Waals surface area contributed by atoms with Crippen LogP contribution < -0.4 is 10.6 Å². The number of hydrogen-bond acceptors (Lipinski definition) is 3. The Morgan fingerprint density at radius 3 is 2.81 bits per heavy atom. The third-order valence-electron chi connectivity index (χ3n) is 3.00. The van der Waals surface area contributed by atoms with Crippen LogP contribution in [-0.2, 0) is 0 Å². The lowest BCUT2D eigenvalue weighted by molar-refractivity contribution is 0.198. The van der Waals surface area contributed by atoms with Gasteiger partial charge in [-0.15, -0.1) is 0 Å². The topological polar surface area (TPSA) is 49.5 Å². The number of nitrogens with zero attached hydrogens (tertiary/aromatic N) is 1. The summed E-state index contributed by atoms with van der Waals surface area (Å²) in [6.07, 6.45) is 0.579. The molecule has 1 aliphatic heterocycles. The second-order valence-electron chi connectivity index (χ2n) is 4.39. The lowest BCUT2D eigenvalue weighted by Gasteiger charge is -2.20. The predicted molar refractivity (Wildman–Crippen MR) is 66.9 cm³/mol. The van der Waals surface area contributed by atoms with Gasteiger partial charge in [-0.25, -0.2) is 0 Å². The Balaban J connectivity index is 2.22. The van der Waals surface area contributed by atoms with Crippen molar-refractivity contribution in [3.63, 3.8) is 0 Å². The Morgan fingerprint density at radius 2 is 2.31 bits per heavy atom. The lowest BCUT2D eigenvalue weighted by Crippen LogP contribution is -2.21. The molecule has 0 radical (unpaired) electrons. The van der Waals surface area contributed by atoms with Gasteiger partial charge in [0.05, 0.1) is 16.8 Å². The van der Waals surface area contributed by atoms with Crippen molar-refractivity contribution in [1.82, 2.24) is 0 Å². The highest BCUT2D eigenvalue weighted by atomic mass is 35.5. The van der Waals surface area contributed by atoms with E-state index in [-0.39, 0.29) is 12.1 Å². The number of aliphatic hydroxyl groups excluding tert-OH is 1. The van der Waals surface area contributed by atoms with Crippen LogP contribution in [0.3, 0.4) is 0 Å². The zero-order valence-corrected chi connectivity index (χ0v) is 10.1. The summed E-state index contributed by atoms with van der Waals surface area (Å²) in [4.78, 5) is 2.11. The zero-order valence-electron chi connectivity index (χ0n) is 9.36. The van der Waals surface area contributed by atoms with E-state index < -0.39 is 0 Å². The molecule has 16 heavy (non-hydrogen) atoms. The van der Waals surface area contributed by atoms with Crippen LogP contribution in [0.5, 0.6) is 0 Å². The summed E-state index contributed by atoms with van der Waals surface area (Å²) >= 11 is 6.22. The first-order valence-corrected chi connectivity index (χ1v) is 5.94. The monoisotopic (exact) mass is 240 g/mol. The number of rotatable bonds is 2. The van der Waals surface area contributed by atoms with Gasteiger partial charge in [0.1, 0.15) is 0 Å². The third-order valence-corrected chi connectivity index (χ3v) is 3.30. The molecule has 2 unspecified atom stereocenters. The maximum Gasteiger partial charge on any atom is 0.0731 e. The number of β-amino-alcohol motifs (C(OH)–C–C–N with tert-alkyl or cyclic N) is 1. The first-order chi connectivity index (χ1) is 7.58. The van der Waals surface area contributed by atoms with Gasteiger partial charge in [0.2, 0.25) is 0 Å². The normalized spacial score (nSPS) is 22.5. The van der Waals surface area contributed by atoms with Crippen LogP contribution in [0.15, 0.2) is 18.2 Å². The minimum absolute atomic E-state index is 0.00396. The second-order valence-corrected chi connectivity index (χ2v) is 4.80. The van der Waals surface area contributed by atoms with Crippen molar-refractivity contribution in [3.8, 4) is 0 Å². The summed E-state index contributed by atoms with van der Waals surface area (Å²) in [7, 11) is 0. The van der Waals surface area contributed by atoms with Crippen LogP contribution in [0, 0.1) is 0 Å². The lowest BCUT2D eigenvalue weighted by atomic mass is 10.1. The average molecular weight is 241 g/mol. The maximum atomic E-state index is 9.49. The molecule has 0 spiro atoms. The van der Waals surface area contributed by atoms with E-state index >= 15 is 0 Å². The van der Waals surface area contributed by atoms with Crippen molar-refractivity contribution < 1.29 is 5.11 Å². The number of benzene rings is 1. The van der Waals surface area contributed by atoms with E-state index in [0.717, 1.165) is 24.2 Å². The summed E-state index contributed by atoms with van der Waals surface area (Å²) < 4.78 is 0. The van der Waals surface area contributed by atoms with Crippen LogP contribution in [0.2, 0.25) is 5.02 Å². The summed E-state index contributed by atoms with van der Waals surface area (Å²) in [6.45, 7) is 3.46. The van der Waals surface area contributed by atoms with Crippen molar-refractivity contribution in [1.29, 1.82) is 0 Å². The van der Waals surface area contributed by atoms with E-state index in [9.17, 15) is 5.11 Å². The molecule has 2 atom stereocenters. The van der Waals surface area contributed by atoms with E-state index in [2.05, 4.69) is 4.90 Å². The van der Waals surface area contributed by atoms with Gasteiger partial charge in [-0.2, -0.15) is 0 Å². The maximum absolute atomic E-state index is 9.49. The van der Waals surface area contributed by atoms with Gasteiger partial charge in [0, 0.05) is 19.1 Å². The highest BCUT2D eigenvalue weighted by Crippen LogP contribution is 2.30. The summed E-state index contributed by atoms with van der Waals surface area (Å²) in [5, 5.41) is 10.2. The Bertz CT molecular complexity index is 381. The van der Waals surface area contributed by atoms with Crippen molar-refractivity contribution in [2.45, 2.75) is 25.5 Å². The van der Waals surface area contributed by atoms with Gasteiger partial charge in [-0.3, -0.25) is 0 Å². The molecule has 1 saturated heterocycles. The largest absolute Gasteiger partial charge is 0.391 e. The Hall–Kier alpha value is -0.770. The van der Waals surface area contributed by atoms with Crippen molar-refractivity contribution in [2.75, 3.05) is 18.0 Å². The van der Waals surface area contributed by atoms with E-state index in [1.54, 1.807) is 0 Å². The van der Waals surface area contributed by atoms with E-state index in [0.29, 0.717) is 11.6 Å². The van der Waals surface area contributed by atoms with Gasteiger partial charge in [0.25, 0.3) is 0 Å². The number of hydrogen-bond donors (Lipinski definition) is 2. The van der Waals surface area contributed by atoms with Crippen LogP contribution >= 0.6 is 11.6 Å². The molecule has 0 aliphatic carbocycles. The number of anilines is 1. The van der Waals surface area contributed by atoms with Crippen molar-refractivity contribution >= 4 is 17.3 Å². The molecule has 88 valence electrons. The average Bonchev–Trinajstić information content (AvgIpc) is 2.64.